The predicted molar refractivity (Wildman–Crippen MR) is 152 cm³/mol. The molecule has 8 heteroatoms. The molecule has 2 aliphatic rings. The third-order valence-electron chi connectivity index (χ3n) is 8.13. The Bertz CT molecular complexity index is 1310. The molecule has 0 bridgehead atoms. The molecule has 0 spiro atoms. The van der Waals surface area contributed by atoms with Gasteiger partial charge >= 0.3 is 5.97 Å². The maximum absolute atomic E-state index is 11.8. The molecule has 1 aromatic carbocycles. The first-order valence-corrected chi connectivity index (χ1v) is 14.2. The molecular formula is C31H41N5O3. The van der Waals surface area contributed by atoms with Crippen molar-refractivity contribution in [2.24, 2.45) is 5.92 Å². The van der Waals surface area contributed by atoms with E-state index in [1.54, 1.807) is 13.8 Å². The number of aryl methyl sites for hydroxylation is 3. The van der Waals surface area contributed by atoms with E-state index in [0.717, 1.165) is 80.3 Å². The van der Waals surface area contributed by atoms with Crippen molar-refractivity contribution in [1.82, 2.24) is 19.7 Å². The molecular weight excluding hydrogens is 490 g/mol. The van der Waals surface area contributed by atoms with E-state index in [2.05, 4.69) is 27.4 Å². The number of nitrogens with zero attached hydrogens (tertiary/aromatic N) is 4. The summed E-state index contributed by atoms with van der Waals surface area (Å²) >= 11 is 0. The molecule has 2 atom stereocenters. The van der Waals surface area contributed by atoms with Crippen LogP contribution in [0.5, 0.6) is 0 Å². The van der Waals surface area contributed by atoms with Crippen LogP contribution in [-0.4, -0.2) is 62.0 Å². The van der Waals surface area contributed by atoms with Crippen molar-refractivity contribution in [3.05, 3.63) is 70.7 Å². The number of benzene rings is 1. The average Bonchev–Trinajstić information content (AvgIpc) is 3.53. The normalized spacial score (nSPS) is 18.5. The number of carbonyl (C=O) groups is 1. The smallest absolute Gasteiger partial charge is 0.304 e. The summed E-state index contributed by atoms with van der Waals surface area (Å²) in [6.07, 6.45) is 5.58. The second-order valence-electron chi connectivity index (χ2n) is 11.8. The summed E-state index contributed by atoms with van der Waals surface area (Å²) in [6.45, 7) is 9.12. The van der Waals surface area contributed by atoms with Crippen LogP contribution in [0.4, 0.5) is 5.82 Å². The number of rotatable bonds is 10. The number of carboxylic acids is 1. The van der Waals surface area contributed by atoms with Crippen molar-refractivity contribution in [2.45, 2.75) is 70.8 Å². The van der Waals surface area contributed by atoms with Crippen LogP contribution >= 0.6 is 0 Å². The maximum Gasteiger partial charge on any atom is 0.304 e. The number of pyridine rings is 1. The number of anilines is 1. The molecule has 8 nitrogen and oxygen atoms in total. The zero-order valence-electron chi connectivity index (χ0n) is 23.4. The third kappa shape index (κ3) is 6.68. The van der Waals surface area contributed by atoms with Crippen LogP contribution in [0.25, 0.3) is 5.69 Å². The van der Waals surface area contributed by atoms with Crippen LogP contribution in [0.3, 0.4) is 0 Å². The second-order valence-corrected chi connectivity index (χ2v) is 11.8. The Labute approximate surface area is 231 Å². The lowest BCUT2D eigenvalue weighted by Crippen LogP contribution is -2.28. The van der Waals surface area contributed by atoms with Gasteiger partial charge in [0.05, 0.1) is 17.8 Å². The van der Waals surface area contributed by atoms with Gasteiger partial charge in [-0.05, 0) is 101 Å². The van der Waals surface area contributed by atoms with Crippen molar-refractivity contribution < 1.29 is 15.0 Å². The second kappa shape index (κ2) is 11.5. The molecule has 5 rings (SSSR count). The fourth-order valence-corrected chi connectivity index (χ4v) is 5.93. The Morgan fingerprint density at radius 2 is 2.08 bits per heavy atom. The molecule has 208 valence electrons. The number of aliphatic hydroxyl groups is 1. The monoisotopic (exact) mass is 531 g/mol. The van der Waals surface area contributed by atoms with Gasteiger partial charge in [0.25, 0.3) is 0 Å². The van der Waals surface area contributed by atoms with E-state index in [1.807, 2.05) is 41.9 Å². The SMILES string of the molecule is Cc1cc(C(C)(C)O)nn1-c1cccc(C(CC(=O)O)CN2CC[C@@H](CCc3ccc4c(n3)NCCC4)C2)c1. The molecule has 1 saturated heterocycles. The molecule has 2 aliphatic heterocycles. The summed E-state index contributed by atoms with van der Waals surface area (Å²) in [5.74, 6) is 0.763. The van der Waals surface area contributed by atoms with Gasteiger partial charge < -0.3 is 20.4 Å². The van der Waals surface area contributed by atoms with Crippen LogP contribution in [0.15, 0.2) is 42.5 Å². The van der Waals surface area contributed by atoms with E-state index in [4.69, 9.17) is 4.98 Å². The van der Waals surface area contributed by atoms with Crippen LogP contribution in [0.2, 0.25) is 0 Å². The van der Waals surface area contributed by atoms with Gasteiger partial charge in [-0.3, -0.25) is 4.79 Å². The van der Waals surface area contributed by atoms with Crippen LogP contribution < -0.4 is 5.32 Å². The van der Waals surface area contributed by atoms with Gasteiger partial charge in [0.2, 0.25) is 0 Å². The summed E-state index contributed by atoms with van der Waals surface area (Å²) in [7, 11) is 0. The lowest BCUT2D eigenvalue weighted by atomic mass is 9.94. The van der Waals surface area contributed by atoms with E-state index >= 15 is 0 Å². The topological polar surface area (TPSA) is 104 Å². The molecule has 3 aromatic rings. The van der Waals surface area contributed by atoms with Gasteiger partial charge in [0.15, 0.2) is 0 Å². The predicted octanol–water partition coefficient (Wildman–Crippen LogP) is 4.67. The molecule has 0 radical (unpaired) electrons. The number of likely N-dealkylation sites (tertiary alicyclic amines) is 1. The molecule has 3 N–H and O–H groups in total. The fourth-order valence-electron chi connectivity index (χ4n) is 5.93. The molecule has 4 heterocycles. The van der Waals surface area contributed by atoms with Crippen LogP contribution in [0, 0.1) is 12.8 Å². The number of hydrogen-bond donors (Lipinski definition) is 3. The highest BCUT2D eigenvalue weighted by Crippen LogP contribution is 2.29. The minimum atomic E-state index is -1.03. The minimum Gasteiger partial charge on any atom is -0.481 e. The number of fused-ring (bicyclic) bond motifs is 1. The van der Waals surface area contributed by atoms with E-state index < -0.39 is 11.6 Å². The van der Waals surface area contributed by atoms with Gasteiger partial charge in [-0.25, -0.2) is 9.67 Å². The standard InChI is InChI=1S/C31H41N5O3/c1-21-16-28(31(2,3)39)34-36(21)27-8-4-6-24(17-27)25(18-29(37)38)20-35-15-13-22(19-35)9-11-26-12-10-23-7-5-14-32-30(23)33-26/h4,6,8,10,12,16-17,22,25,39H,5,7,9,11,13-15,18-20H2,1-3H3,(H,32,33)(H,37,38)/t22-,25?/m1/s1. The van der Waals surface area contributed by atoms with E-state index in [-0.39, 0.29) is 12.3 Å². The molecule has 2 aromatic heterocycles. The van der Waals surface area contributed by atoms with Crippen LogP contribution in [-0.2, 0) is 23.2 Å². The highest BCUT2D eigenvalue weighted by molar-refractivity contribution is 5.68. The number of hydrogen-bond acceptors (Lipinski definition) is 6. The van der Waals surface area contributed by atoms with E-state index in [9.17, 15) is 15.0 Å². The van der Waals surface area contributed by atoms with Gasteiger partial charge in [0.1, 0.15) is 11.4 Å². The highest BCUT2D eigenvalue weighted by Gasteiger charge is 2.27. The fraction of sp³-hybridized carbons (Fsp3) is 0.516. The lowest BCUT2D eigenvalue weighted by Gasteiger charge is -2.24. The van der Waals surface area contributed by atoms with Gasteiger partial charge in [-0.1, -0.05) is 18.2 Å². The Kier molecular flexibility index (Phi) is 8.05. The lowest BCUT2D eigenvalue weighted by molar-refractivity contribution is -0.137. The Balaban J connectivity index is 1.23. The third-order valence-corrected chi connectivity index (χ3v) is 8.13. The molecule has 1 fully saturated rings. The number of carboxylic acid groups (broad SMARTS) is 1. The molecule has 0 saturated carbocycles. The summed E-state index contributed by atoms with van der Waals surface area (Å²) in [4.78, 5) is 19.1. The average molecular weight is 532 g/mol. The Morgan fingerprint density at radius 3 is 2.85 bits per heavy atom. The Hall–Kier alpha value is -3.23. The van der Waals surface area contributed by atoms with E-state index in [0.29, 0.717) is 11.6 Å². The van der Waals surface area contributed by atoms with Crippen molar-refractivity contribution in [3.63, 3.8) is 0 Å². The summed E-state index contributed by atoms with van der Waals surface area (Å²) < 4.78 is 1.82. The van der Waals surface area contributed by atoms with Crippen molar-refractivity contribution in [3.8, 4) is 5.69 Å². The molecule has 0 aliphatic carbocycles. The number of aliphatic carboxylic acids is 1. The van der Waals surface area contributed by atoms with Crippen molar-refractivity contribution >= 4 is 11.8 Å². The Morgan fingerprint density at radius 1 is 1.23 bits per heavy atom. The molecule has 1 unspecified atom stereocenters. The largest absolute Gasteiger partial charge is 0.481 e. The minimum absolute atomic E-state index is 0.0870. The van der Waals surface area contributed by atoms with Gasteiger partial charge in [0, 0.05) is 36.9 Å². The van der Waals surface area contributed by atoms with Crippen molar-refractivity contribution in [2.75, 3.05) is 31.5 Å². The summed E-state index contributed by atoms with van der Waals surface area (Å²) in [5, 5.41) is 28.2. The number of aromatic nitrogens is 3. The summed E-state index contributed by atoms with van der Waals surface area (Å²) in [5.41, 5.74) is 4.86. The van der Waals surface area contributed by atoms with Crippen LogP contribution in [0.1, 0.15) is 73.7 Å². The highest BCUT2D eigenvalue weighted by atomic mass is 16.4. The quantitative estimate of drug-likeness (QED) is 0.349. The zero-order chi connectivity index (χ0) is 27.6. The first kappa shape index (κ1) is 27.3. The zero-order valence-corrected chi connectivity index (χ0v) is 23.4. The van der Waals surface area contributed by atoms with Gasteiger partial charge in [-0.15, -0.1) is 0 Å². The number of nitrogens with one attached hydrogen (secondary N) is 1. The molecule has 0 amide bonds. The van der Waals surface area contributed by atoms with Crippen molar-refractivity contribution in [1.29, 1.82) is 0 Å². The maximum atomic E-state index is 11.8. The molecule has 39 heavy (non-hydrogen) atoms. The summed E-state index contributed by atoms with van der Waals surface area (Å²) in [6, 6.07) is 14.3. The van der Waals surface area contributed by atoms with E-state index in [1.165, 1.54) is 12.0 Å². The first-order valence-electron chi connectivity index (χ1n) is 14.2. The first-order chi connectivity index (χ1) is 18.7. The van der Waals surface area contributed by atoms with Gasteiger partial charge in [-0.2, -0.15) is 5.10 Å².